The van der Waals surface area contributed by atoms with Gasteiger partial charge in [0.1, 0.15) is 17.2 Å². The number of carbonyl (C=O) groups is 2. The third-order valence-electron chi connectivity index (χ3n) is 7.85. The first kappa shape index (κ1) is 28.0. The predicted octanol–water partition coefficient (Wildman–Crippen LogP) is 5.86. The van der Waals surface area contributed by atoms with Gasteiger partial charge in [0.15, 0.2) is 5.78 Å². The number of benzene rings is 3. The Morgan fingerprint density at radius 1 is 0.878 bits per heavy atom. The summed E-state index contributed by atoms with van der Waals surface area (Å²) in [6, 6.07) is 23.2. The van der Waals surface area contributed by atoms with Crippen molar-refractivity contribution in [2.24, 2.45) is 0 Å². The van der Waals surface area contributed by atoms with Crippen LogP contribution in [0, 0.1) is 0 Å². The fourth-order valence-electron chi connectivity index (χ4n) is 5.77. The van der Waals surface area contributed by atoms with E-state index in [1.807, 2.05) is 73.7 Å². The molecule has 1 heterocycles. The molecule has 1 aliphatic carbocycles. The average molecular weight is 554 g/mol. The molecule has 0 spiro atoms. The number of hydrogen-bond acceptors (Lipinski definition) is 7. The molecule has 2 aliphatic rings. The van der Waals surface area contributed by atoms with Crippen molar-refractivity contribution in [1.82, 2.24) is 5.32 Å². The van der Waals surface area contributed by atoms with Crippen molar-refractivity contribution in [3.8, 4) is 17.2 Å². The number of esters is 1. The van der Waals surface area contributed by atoms with E-state index in [4.69, 9.17) is 18.9 Å². The minimum Gasteiger partial charge on any atom is -0.497 e. The second kappa shape index (κ2) is 12.3. The Hall–Kier alpha value is -4.52. The molecule has 0 radical (unpaired) electrons. The normalized spacial score (nSPS) is 18.4. The molecular formula is C34H35NO6. The van der Waals surface area contributed by atoms with E-state index < -0.39 is 11.9 Å². The van der Waals surface area contributed by atoms with Crippen LogP contribution in [0.4, 0.5) is 0 Å². The van der Waals surface area contributed by atoms with Gasteiger partial charge in [0.05, 0.1) is 39.4 Å². The highest BCUT2D eigenvalue weighted by Gasteiger charge is 2.42. The molecule has 1 N–H and O–H groups in total. The van der Waals surface area contributed by atoms with Crippen LogP contribution >= 0.6 is 0 Å². The highest BCUT2D eigenvalue weighted by Crippen LogP contribution is 2.48. The van der Waals surface area contributed by atoms with Crippen molar-refractivity contribution in [2.75, 3.05) is 27.9 Å². The van der Waals surface area contributed by atoms with Gasteiger partial charge in [-0.1, -0.05) is 48.5 Å². The van der Waals surface area contributed by atoms with Crippen LogP contribution in [0.5, 0.6) is 17.2 Å². The van der Waals surface area contributed by atoms with Crippen LogP contribution in [0.25, 0.3) is 0 Å². The summed E-state index contributed by atoms with van der Waals surface area (Å²) >= 11 is 0. The number of dihydropyridines is 1. The molecule has 7 heteroatoms. The lowest BCUT2D eigenvalue weighted by atomic mass is 9.71. The van der Waals surface area contributed by atoms with E-state index in [0.717, 1.165) is 22.6 Å². The molecule has 0 bridgehead atoms. The standard InChI is InChI=1S/C34H35NO6/c1-21-31(34(37)41-17-16-22-8-6-5-7-9-22)32(27-15-14-26(39-3)20-30(27)40-4)33-28(35-21)18-24(19-29(33)36)23-10-12-25(38-2)13-11-23/h5-15,20,24,32,35H,16-19H2,1-4H3/t24-,32-/m0/s1. The molecule has 0 fully saturated rings. The Morgan fingerprint density at radius 3 is 2.27 bits per heavy atom. The Labute approximate surface area is 240 Å². The van der Waals surface area contributed by atoms with Gasteiger partial charge in [-0.2, -0.15) is 0 Å². The van der Waals surface area contributed by atoms with Gasteiger partial charge < -0.3 is 24.3 Å². The lowest BCUT2D eigenvalue weighted by Crippen LogP contribution is -2.36. The minimum absolute atomic E-state index is 0.00485. The highest BCUT2D eigenvalue weighted by atomic mass is 16.5. The smallest absolute Gasteiger partial charge is 0.336 e. The summed E-state index contributed by atoms with van der Waals surface area (Å²) in [6.07, 6.45) is 1.56. The first-order chi connectivity index (χ1) is 19.9. The largest absolute Gasteiger partial charge is 0.497 e. The van der Waals surface area contributed by atoms with E-state index >= 15 is 0 Å². The second-order valence-corrected chi connectivity index (χ2v) is 10.3. The molecule has 41 heavy (non-hydrogen) atoms. The number of nitrogens with one attached hydrogen (secondary N) is 1. The lowest BCUT2D eigenvalue weighted by molar-refractivity contribution is -0.139. The van der Waals surface area contributed by atoms with Crippen LogP contribution in [0.1, 0.15) is 48.3 Å². The molecule has 3 aromatic rings. The van der Waals surface area contributed by atoms with Gasteiger partial charge in [-0.05, 0) is 48.6 Å². The first-order valence-electron chi connectivity index (χ1n) is 13.7. The molecule has 0 saturated heterocycles. The Balaban J connectivity index is 1.51. The maximum atomic E-state index is 14.0. The summed E-state index contributed by atoms with van der Waals surface area (Å²) in [5.41, 5.74) is 5.35. The van der Waals surface area contributed by atoms with Crippen LogP contribution in [-0.2, 0) is 20.7 Å². The van der Waals surface area contributed by atoms with Crippen molar-refractivity contribution >= 4 is 11.8 Å². The first-order valence-corrected chi connectivity index (χ1v) is 13.7. The summed E-state index contributed by atoms with van der Waals surface area (Å²) in [7, 11) is 4.80. The molecule has 3 aromatic carbocycles. The van der Waals surface area contributed by atoms with Crippen LogP contribution in [0.3, 0.4) is 0 Å². The topological polar surface area (TPSA) is 83.1 Å². The zero-order valence-electron chi connectivity index (χ0n) is 23.9. The SMILES string of the molecule is COc1ccc([C@@H]2CC(=O)C3=C(C2)NC(C)=C(C(=O)OCCc2ccccc2)[C@@H]3c2ccc(OC)cc2OC)cc1. The molecule has 0 amide bonds. The number of methoxy groups -OCH3 is 3. The van der Waals surface area contributed by atoms with Crippen molar-refractivity contribution in [2.45, 2.75) is 38.0 Å². The number of ether oxygens (including phenoxy) is 4. The molecule has 0 aromatic heterocycles. The van der Waals surface area contributed by atoms with E-state index in [0.29, 0.717) is 53.2 Å². The summed E-state index contributed by atoms with van der Waals surface area (Å²) in [4.78, 5) is 27.7. The van der Waals surface area contributed by atoms with Gasteiger partial charge in [-0.3, -0.25) is 4.79 Å². The predicted molar refractivity (Wildman–Crippen MR) is 156 cm³/mol. The van der Waals surface area contributed by atoms with Gasteiger partial charge in [-0.25, -0.2) is 4.79 Å². The molecular weight excluding hydrogens is 518 g/mol. The van der Waals surface area contributed by atoms with Crippen molar-refractivity contribution < 1.29 is 28.5 Å². The third kappa shape index (κ3) is 5.85. The van der Waals surface area contributed by atoms with Crippen LogP contribution in [0.15, 0.2) is 95.3 Å². The van der Waals surface area contributed by atoms with Crippen LogP contribution in [0.2, 0.25) is 0 Å². The van der Waals surface area contributed by atoms with E-state index in [2.05, 4.69) is 5.32 Å². The van der Waals surface area contributed by atoms with E-state index in [1.54, 1.807) is 27.4 Å². The van der Waals surface area contributed by atoms with Gasteiger partial charge in [0, 0.05) is 41.4 Å². The Kier molecular flexibility index (Phi) is 8.43. The number of rotatable bonds is 9. The number of hydrogen-bond donors (Lipinski definition) is 1. The molecule has 2 atom stereocenters. The maximum Gasteiger partial charge on any atom is 0.336 e. The number of carbonyl (C=O) groups excluding carboxylic acids is 2. The fourth-order valence-corrected chi connectivity index (χ4v) is 5.77. The summed E-state index contributed by atoms with van der Waals surface area (Å²) in [5.74, 6) is 0.833. The average Bonchev–Trinajstić information content (AvgIpc) is 3.00. The summed E-state index contributed by atoms with van der Waals surface area (Å²) in [5, 5.41) is 3.42. The van der Waals surface area contributed by atoms with Gasteiger partial charge in [-0.15, -0.1) is 0 Å². The summed E-state index contributed by atoms with van der Waals surface area (Å²) in [6.45, 7) is 2.09. The molecule has 0 unspecified atom stereocenters. The quantitative estimate of drug-likeness (QED) is 0.332. The molecule has 5 rings (SSSR count). The monoisotopic (exact) mass is 553 g/mol. The lowest BCUT2D eigenvalue weighted by Gasteiger charge is -2.37. The molecule has 0 saturated carbocycles. The molecule has 1 aliphatic heterocycles. The zero-order chi connectivity index (χ0) is 28.9. The van der Waals surface area contributed by atoms with Crippen LogP contribution < -0.4 is 19.5 Å². The highest BCUT2D eigenvalue weighted by molar-refractivity contribution is 6.04. The fraction of sp³-hybridized carbons (Fsp3) is 0.294. The molecule has 7 nitrogen and oxygen atoms in total. The third-order valence-corrected chi connectivity index (χ3v) is 7.85. The van der Waals surface area contributed by atoms with Crippen molar-refractivity contribution in [1.29, 1.82) is 0 Å². The Bertz CT molecular complexity index is 1490. The number of allylic oxidation sites excluding steroid dienone is 3. The number of Topliss-reactive ketones (excluding diaryl/α,β-unsaturated/α-hetero) is 1. The zero-order valence-corrected chi connectivity index (χ0v) is 23.9. The van der Waals surface area contributed by atoms with Gasteiger partial charge in [0.25, 0.3) is 0 Å². The molecule has 212 valence electrons. The minimum atomic E-state index is -0.638. The van der Waals surface area contributed by atoms with Crippen molar-refractivity contribution in [3.05, 3.63) is 112 Å². The van der Waals surface area contributed by atoms with E-state index in [9.17, 15) is 9.59 Å². The van der Waals surface area contributed by atoms with E-state index in [-0.39, 0.29) is 18.3 Å². The summed E-state index contributed by atoms with van der Waals surface area (Å²) < 4.78 is 22.3. The van der Waals surface area contributed by atoms with E-state index in [1.165, 1.54) is 0 Å². The maximum absolute atomic E-state index is 14.0. The van der Waals surface area contributed by atoms with Gasteiger partial charge >= 0.3 is 5.97 Å². The second-order valence-electron chi connectivity index (χ2n) is 10.3. The van der Waals surface area contributed by atoms with Crippen molar-refractivity contribution in [3.63, 3.8) is 0 Å². The van der Waals surface area contributed by atoms with Gasteiger partial charge in [0.2, 0.25) is 0 Å². The van der Waals surface area contributed by atoms with Crippen LogP contribution in [-0.4, -0.2) is 39.7 Å². The Morgan fingerprint density at radius 2 is 1.59 bits per heavy atom. The number of ketones is 1.